The average Bonchev–Trinajstić information content (AvgIpc) is 2.89. The topological polar surface area (TPSA) is 68.2 Å². The van der Waals surface area contributed by atoms with Crippen molar-refractivity contribution in [2.75, 3.05) is 13.2 Å². The van der Waals surface area contributed by atoms with Crippen molar-refractivity contribution >= 4 is 50.8 Å². The van der Waals surface area contributed by atoms with Gasteiger partial charge in [-0.25, -0.2) is 4.79 Å². The lowest BCUT2D eigenvalue weighted by atomic mass is 10.2. The standard InChI is InChI=1S/C20H25BrN2O4S/c1-6-26-18(24)11-27-16-8-7-15(21)9-14(16)10-17-19(25)23(13(4)5)20(28-17)22-12(2)3/h7-10,12-13H,6,11H2,1-5H3/b17-10+,22-20?. The molecule has 0 saturated carbocycles. The van der Waals surface area contributed by atoms with Gasteiger partial charge in [-0.1, -0.05) is 15.9 Å². The minimum atomic E-state index is -0.437. The summed E-state index contributed by atoms with van der Waals surface area (Å²) in [4.78, 5) is 31.4. The van der Waals surface area contributed by atoms with Gasteiger partial charge in [-0.05, 0) is 70.7 Å². The van der Waals surface area contributed by atoms with E-state index in [2.05, 4.69) is 20.9 Å². The van der Waals surface area contributed by atoms with Crippen LogP contribution in [0.25, 0.3) is 6.08 Å². The number of thioether (sulfide) groups is 1. The van der Waals surface area contributed by atoms with Crippen LogP contribution in [-0.2, 0) is 14.3 Å². The SMILES string of the molecule is CCOC(=O)COc1ccc(Br)cc1/C=C1/SC(=NC(C)C)N(C(C)C)C1=O. The molecule has 1 saturated heterocycles. The fourth-order valence-electron chi connectivity index (χ4n) is 2.50. The van der Waals surface area contributed by atoms with Crippen molar-refractivity contribution in [1.82, 2.24) is 4.90 Å². The Morgan fingerprint density at radius 2 is 2.04 bits per heavy atom. The summed E-state index contributed by atoms with van der Waals surface area (Å²) in [6.45, 7) is 9.74. The van der Waals surface area contributed by atoms with Crippen molar-refractivity contribution in [3.63, 3.8) is 0 Å². The zero-order valence-corrected chi connectivity index (χ0v) is 19.1. The Labute approximate surface area is 178 Å². The van der Waals surface area contributed by atoms with Crippen LogP contribution in [0, 0.1) is 0 Å². The molecule has 6 nitrogen and oxygen atoms in total. The van der Waals surface area contributed by atoms with E-state index in [1.54, 1.807) is 24.0 Å². The summed E-state index contributed by atoms with van der Waals surface area (Å²) in [6.07, 6.45) is 1.77. The molecule has 1 amide bonds. The first-order valence-corrected chi connectivity index (χ1v) is 10.7. The van der Waals surface area contributed by atoms with E-state index in [1.165, 1.54) is 11.8 Å². The molecule has 0 radical (unpaired) electrons. The van der Waals surface area contributed by atoms with Crippen LogP contribution in [0.1, 0.15) is 40.2 Å². The number of amides is 1. The van der Waals surface area contributed by atoms with Crippen molar-refractivity contribution < 1.29 is 19.1 Å². The number of hydrogen-bond acceptors (Lipinski definition) is 6. The van der Waals surface area contributed by atoms with E-state index in [1.807, 2.05) is 39.8 Å². The molecule has 1 aromatic rings. The maximum Gasteiger partial charge on any atom is 0.344 e. The number of ether oxygens (including phenoxy) is 2. The number of benzene rings is 1. The Kier molecular flexibility index (Phi) is 8.12. The van der Waals surface area contributed by atoms with E-state index in [4.69, 9.17) is 9.47 Å². The van der Waals surface area contributed by atoms with Crippen LogP contribution in [0.5, 0.6) is 5.75 Å². The molecule has 0 bridgehead atoms. The smallest absolute Gasteiger partial charge is 0.344 e. The van der Waals surface area contributed by atoms with Crippen molar-refractivity contribution in [3.05, 3.63) is 33.1 Å². The molecule has 0 unspecified atom stereocenters. The third-order valence-corrected chi connectivity index (χ3v) is 5.12. The molecule has 0 aromatic heterocycles. The first-order valence-electron chi connectivity index (χ1n) is 9.11. The number of carbonyl (C=O) groups excluding carboxylic acids is 2. The van der Waals surface area contributed by atoms with Gasteiger partial charge >= 0.3 is 5.97 Å². The molecule has 0 N–H and O–H groups in total. The minimum Gasteiger partial charge on any atom is -0.481 e. The summed E-state index contributed by atoms with van der Waals surface area (Å²) < 4.78 is 11.4. The zero-order chi connectivity index (χ0) is 20.8. The van der Waals surface area contributed by atoms with Crippen molar-refractivity contribution in [1.29, 1.82) is 0 Å². The molecule has 2 rings (SSSR count). The Hall–Kier alpha value is -1.80. The second kappa shape index (κ2) is 10.1. The molecule has 0 spiro atoms. The van der Waals surface area contributed by atoms with Crippen LogP contribution in [0.15, 0.2) is 32.6 Å². The molecule has 1 aromatic carbocycles. The zero-order valence-electron chi connectivity index (χ0n) is 16.7. The van der Waals surface area contributed by atoms with Crippen LogP contribution < -0.4 is 4.74 Å². The number of amidine groups is 1. The van der Waals surface area contributed by atoms with Gasteiger partial charge < -0.3 is 9.47 Å². The predicted octanol–water partition coefficient (Wildman–Crippen LogP) is 4.48. The summed E-state index contributed by atoms with van der Waals surface area (Å²) in [5.74, 6) is -0.0223. The van der Waals surface area contributed by atoms with Crippen LogP contribution in [0.4, 0.5) is 0 Å². The van der Waals surface area contributed by atoms with Crippen LogP contribution in [-0.4, -0.2) is 47.2 Å². The monoisotopic (exact) mass is 468 g/mol. The number of hydrogen-bond donors (Lipinski definition) is 0. The Morgan fingerprint density at radius 1 is 1.32 bits per heavy atom. The number of halogens is 1. The summed E-state index contributed by atoms with van der Waals surface area (Å²) in [7, 11) is 0. The fraction of sp³-hybridized carbons (Fsp3) is 0.450. The summed E-state index contributed by atoms with van der Waals surface area (Å²) in [5, 5.41) is 0.699. The van der Waals surface area contributed by atoms with E-state index < -0.39 is 5.97 Å². The van der Waals surface area contributed by atoms with Gasteiger partial charge in [0.15, 0.2) is 11.8 Å². The molecule has 1 fully saturated rings. The van der Waals surface area contributed by atoms with Crippen molar-refractivity contribution in [2.24, 2.45) is 4.99 Å². The van der Waals surface area contributed by atoms with Gasteiger partial charge in [-0.3, -0.25) is 14.7 Å². The highest BCUT2D eigenvalue weighted by Crippen LogP contribution is 2.36. The first-order chi connectivity index (χ1) is 13.2. The fourth-order valence-corrected chi connectivity index (χ4v) is 4.10. The molecule has 8 heteroatoms. The highest BCUT2D eigenvalue weighted by atomic mass is 79.9. The number of carbonyl (C=O) groups is 2. The van der Waals surface area contributed by atoms with Crippen LogP contribution in [0.3, 0.4) is 0 Å². The molecular formula is C20H25BrN2O4S. The van der Waals surface area contributed by atoms with Gasteiger partial charge in [-0.15, -0.1) is 0 Å². The number of rotatable bonds is 7. The minimum absolute atomic E-state index is 0.00504. The lowest BCUT2D eigenvalue weighted by Crippen LogP contribution is -2.35. The van der Waals surface area contributed by atoms with Gasteiger partial charge in [0.1, 0.15) is 5.75 Å². The molecule has 1 heterocycles. The number of nitrogens with zero attached hydrogens (tertiary/aromatic N) is 2. The van der Waals surface area contributed by atoms with Gasteiger partial charge in [0, 0.05) is 22.1 Å². The molecule has 1 aliphatic rings. The summed E-state index contributed by atoms with van der Waals surface area (Å²) in [5.41, 5.74) is 0.698. The van der Waals surface area contributed by atoms with Gasteiger partial charge in [0.25, 0.3) is 5.91 Å². The second-order valence-corrected chi connectivity index (χ2v) is 8.59. The molecule has 1 aliphatic heterocycles. The van der Waals surface area contributed by atoms with Crippen molar-refractivity contribution in [3.8, 4) is 5.75 Å². The average molecular weight is 469 g/mol. The third kappa shape index (κ3) is 5.85. The molecule has 152 valence electrons. The maximum atomic E-state index is 12.9. The normalized spacial score (nSPS) is 17.3. The van der Waals surface area contributed by atoms with Crippen LogP contribution in [0.2, 0.25) is 0 Å². The van der Waals surface area contributed by atoms with Gasteiger partial charge in [0.05, 0.1) is 11.5 Å². The van der Waals surface area contributed by atoms with Crippen molar-refractivity contribution in [2.45, 2.75) is 46.7 Å². The van der Waals surface area contributed by atoms with Gasteiger partial charge in [0.2, 0.25) is 0 Å². The molecule has 0 aliphatic carbocycles. The Balaban J connectivity index is 2.34. The third-order valence-electron chi connectivity index (χ3n) is 3.63. The highest BCUT2D eigenvalue weighted by Gasteiger charge is 2.35. The van der Waals surface area contributed by atoms with Gasteiger partial charge in [-0.2, -0.15) is 0 Å². The predicted molar refractivity (Wildman–Crippen MR) is 116 cm³/mol. The lowest BCUT2D eigenvalue weighted by Gasteiger charge is -2.20. The molecule has 0 atom stereocenters. The van der Waals surface area contributed by atoms with E-state index in [0.717, 1.165) is 4.47 Å². The number of aliphatic imine (C=N–C) groups is 1. The van der Waals surface area contributed by atoms with E-state index in [-0.39, 0.29) is 24.6 Å². The van der Waals surface area contributed by atoms with E-state index in [0.29, 0.717) is 28.0 Å². The first kappa shape index (κ1) is 22.5. The molecular weight excluding hydrogens is 444 g/mol. The quantitative estimate of drug-likeness (QED) is 0.435. The largest absolute Gasteiger partial charge is 0.481 e. The summed E-state index contributed by atoms with van der Waals surface area (Å²) in [6, 6.07) is 5.51. The maximum absolute atomic E-state index is 12.9. The van der Waals surface area contributed by atoms with E-state index in [9.17, 15) is 9.59 Å². The Bertz CT molecular complexity index is 805. The molecule has 28 heavy (non-hydrogen) atoms. The second-order valence-electron chi connectivity index (χ2n) is 6.66. The number of esters is 1. The highest BCUT2D eigenvalue weighted by molar-refractivity contribution is 9.10. The van der Waals surface area contributed by atoms with E-state index >= 15 is 0 Å². The van der Waals surface area contributed by atoms with Crippen LogP contribution >= 0.6 is 27.7 Å². The lowest BCUT2D eigenvalue weighted by molar-refractivity contribution is -0.145. The Morgan fingerprint density at radius 3 is 2.64 bits per heavy atom. The summed E-state index contributed by atoms with van der Waals surface area (Å²) >= 11 is 4.79.